The second kappa shape index (κ2) is 24.8. The first kappa shape index (κ1) is 34.2. The fourth-order valence-corrected chi connectivity index (χ4v) is 2.64. The van der Waals surface area contributed by atoms with Crippen molar-refractivity contribution in [2.75, 3.05) is 0 Å². The zero-order valence-electron chi connectivity index (χ0n) is 20.6. The molecule has 7 heteroatoms. The summed E-state index contributed by atoms with van der Waals surface area (Å²) in [5, 5.41) is 15.4. The fraction of sp³-hybridized carbons (Fsp3) is 0.875. The van der Waals surface area contributed by atoms with Crippen molar-refractivity contribution in [2.24, 2.45) is 11.5 Å². The van der Waals surface area contributed by atoms with Gasteiger partial charge in [-0.25, -0.2) is 0 Å². The molecule has 0 rings (SSSR count). The maximum atomic E-state index is 12.0. The first-order valence-electron chi connectivity index (χ1n) is 12.1. The predicted molar refractivity (Wildman–Crippen MR) is 128 cm³/mol. The lowest BCUT2D eigenvalue weighted by Crippen LogP contribution is -2.56. The Kier molecular flexibility index (Phi) is 27.3. The molecule has 0 unspecified atom stereocenters. The zero-order chi connectivity index (χ0) is 24.5. The van der Waals surface area contributed by atoms with Crippen molar-refractivity contribution < 1.29 is 24.6 Å². The predicted octanol–water partition coefficient (Wildman–Crippen LogP) is 5.63. The van der Waals surface area contributed by atoms with Crippen LogP contribution in [0.25, 0.3) is 0 Å². The van der Waals surface area contributed by atoms with Crippen LogP contribution >= 0.6 is 0 Å². The minimum atomic E-state index is -1.09. The largest absolute Gasteiger partial charge is 0.481 e. The van der Waals surface area contributed by atoms with Gasteiger partial charge >= 0.3 is 11.9 Å². The summed E-state index contributed by atoms with van der Waals surface area (Å²) in [7, 11) is 0. The van der Waals surface area contributed by atoms with Crippen molar-refractivity contribution in [3.8, 4) is 0 Å². The summed E-state index contributed by atoms with van der Waals surface area (Å²) in [6.07, 6.45) is 16.1. The number of carboxylic acid groups (broad SMARTS) is 2. The van der Waals surface area contributed by atoms with Gasteiger partial charge in [0.05, 0.1) is 0 Å². The fourth-order valence-electron chi connectivity index (χ4n) is 2.64. The SMILES string of the molecule is CCC(=O)O.CCC(=O)O.CCCCCCCCCCCC(=O)C(N)(N)CCCCC. The lowest BCUT2D eigenvalue weighted by molar-refractivity contribution is -0.137. The molecule has 0 saturated heterocycles. The van der Waals surface area contributed by atoms with Gasteiger partial charge in [0.2, 0.25) is 0 Å². The Labute approximate surface area is 190 Å². The number of nitrogens with two attached hydrogens (primary N) is 2. The minimum Gasteiger partial charge on any atom is -0.481 e. The summed E-state index contributed by atoms with van der Waals surface area (Å²) in [6, 6.07) is 0. The molecule has 6 N–H and O–H groups in total. The Bertz CT molecular complexity index is 426. The van der Waals surface area contributed by atoms with Crippen LogP contribution in [0.4, 0.5) is 0 Å². The number of rotatable bonds is 17. The Morgan fingerprint density at radius 3 is 1.29 bits per heavy atom. The van der Waals surface area contributed by atoms with E-state index in [1.165, 1.54) is 44.9 Å². The van der Waals surface area contributed by atoms with E-state index in [9.17, 15) is 14.4 Å². The molecule has 0 fully saturated rings. The van der Waals surface area contributed by atoms with Crippen molar-refractivity contribution in [1.82, 2.24) is 0 Å². The summed E-state index contributed by atoms with van der Waals surface area (Å²) in [4.78, 5) is 30.8. The van der Waals surface area contributed by atoms with Crippen molar-refractivity contribution >= 4 is 17.7 Å². The van der Waals surface area contributed by atoms with Crippen LogP contribution in [-0.4, -0.2) is 33.6 Å². The molecule has 186 valence electrons. The van der Waals surface area contributed by atoms with Gasteiger partial charge in [0, 0.05) is 19.3 Å². The molecule has 0 aromatic carbocycles. The Morgan fingerprint density at radius 1 is 0.613 bits per heavy atom. The molecule has 0 aromatic rings. The maximum absolute atomic E-state index is 12.0. The second-order valence-corrected chi connectivity index (χ2v) is 7.99. The van der Waals surface area contributed by atoms with Gasteiger partial charge in [0.25, 0.3) is 0 Å². The third-order valence-corrected chi connectivity index (χ3v) is 4.83. The summed E-state index contributed by atoms with van der Waals surface area (Å²) in [5.41, 5.74) is 10.8. The Balaban J connectivity index is -0.000000646. The van der Waals surface area contributed by atoms with Gasteiger partial charge in [-0.05, 0) is 19.3 Å². The van der Waals surface area contributed by atoms with E-state index in [4.69, 9.17) is 21.7 Å². The Morgan fingerprint density at radius 2 is 0.935 bits per heavy atom. The summed E-state index contributed by atoms with van der Waals surface area (Å²) in [5.74, 6) is -1.45. The molecule has 0 saturated carbocycles. The van der Waals surface area contributed by atoms with Crippen LogP contribution in [0.3, 0.4) is 0 Å². The number of Topliss-reactive ketones (excluding diaryl/α,β-unsaturated/α-hetero) is 1. The van der Waals surface area contributed by atoms with Gasteiger partial charge in [-0.15, -0.1) is 0 Å². The van der Waals surface area contributed by atoms with E-state index in [-0.39, 0.29) is 18.6 Å². The maximum Gasteiger partial charge on any atom is 0.303 e. The van der Waals surface area contributed by atoms with Crippen LogP contribution in [-0.2, 0) is 14.4 Å². The number of ketones is 1. The quantitative estimate of drug-likeness (QED) is 0.167. The number of aliphatic carboxylic acids is 2. The summed E-state index contributed by atoms with van der Waals surface area (Å²) in [6.45, 7) is 7.58. The highest BCUT2D eigenvalue weighted by Gasteiger charge is 2.27. The molecule has 7 nitrogen and oxygen atoms in total. The summed E-state index contributed by atoms with van der Waals surface area (Å²) < 4.78 is 0. The molecular formula is C24H50N2O5. The number of carbonyl (C=O) groups is 3. The van der Waals surface area contributed by atoms with E-state index in [0.717, 1.165) is 32.1 Å². The van der Waals surface area contributed by atoms with E-state index in [1.807, 2.05) is 0 Å². The molecule has 0 aliphatic carbocycles. The van der Waals surface area contributed by atoms with E-state index >= 15 is 0 Å². The molecule has 0 bridgehead atoms. The van der Waals surface area contributed by atoms with Crippen LogP contribution < -0.4 is 11.5 Å². The van der Waals surface area contributed by atoms with E-state index in [1.54, 1.807) is 13.8 Å². The second-order valence-electron chi connectivity index (χ2n) is 7.99. The molecule has 0 spiro atoms. The van der Waals surface area contributed by atoms with Gasteiger partial charge < -0.3 is 21.7 Å². The highest BCUT2D eigenvalue weighted by molar-refractivity contribution is 5.87. The van der Waals surface area contributed by atoms with Crippen molar-refractivity contribution in [3.05, 3.63) is 0 Å². The first-order chi connectivity index (χ1) is 14.6. The van der Waals surface area contributed by atoms with Crippen molar-refractivity contribution in [1.29, 1.82) is 0 Å². The van der Waals surface area contributed by atoms with Crippen LogP contribution in [0.5, 0.6) is 0 Å². The van der Waals surface area contributed by atoms with Gasteiger partial charge in [-0.2, -0.15) is 0 Å². The minimum absolute atomic E-state index is 0.0431. The van der Waals surface area contributed by atoms with Gasteiger partial charge in [0.15, 0.2) is 5.78 Å². The van der Waals surface area contributed by atoms with Crippen LogP contribution in [0.15, 0.2) is 0 Å². The molecular weight excluding hydrogens is 396 g/mol. The number of carboxylic acids is 2. The monoisotopic (exact) mass is 446 g/mol. The lowest BCUT2D eigenvalue weighted by Gasteiger charge is -2.22. The van der Waals surface area contributed by atoms with Crippen molar-refractivity contribution in [3.63, 3.8) is 0 Å². The van der Waals surface area contributed by atoms with Crippen molar-refractivity contribution in [2.45, 2.75) is 136 Å². The zero-order valence-corrected chi connectivity index (χ0v) is 20.6. The van der Waals surface area contributed by atoms with Gasteiger partial charge in [-0.3, -0.25) is 14.4 Å². The number of unbranched alkanes of at least 4 members (excludes halogenated alkanes) is 10. The average molecular weight is 447 g/mol. The molecule has 0 heterocycles. The Hall–Kier alpha value is -1.47. The highest BCUT2D eigenvalue weighted by atomic mass is 16.4. The number of hydrogen-bond donors (Lipinski definition) is 4. The molecule has 31 heavy (non-hydrogen) atoms. The van der Waals surface area contributed by atoms with E-state index in [2.05, 4.69) is 13.8 Å². The average Bonchev–Trinajstić information content (AvgIpc) is 2.73. The molecule has 0 aliphatic heterocycles. The number of carbonyl (C=O) groups excluding carboxylic acids is 1. The van der Waals surface area contributed by atoms with Gasteiger partial charge in [-0.1, -0.05) is 91.9 Å². The van der Waals surface area contributed by atoms with E-state index in [0.29, 0.717) is 12.8 Å². The molecule has 0 radical (unpaired) electrons. The molecule has 0 amide bonds. The molecule has 0 aromatic heterocycles. The highest BCUT2D eigenvalue weighted by Crippen LogP contribution is 2.14. The summed E-state index contributed by atoms with van der Waals surface area (Å²) >= 11 is 0. The molecule has 0 atom stereocenters. The normalized spacial score (nSPS) is 10.4. The van der Waals surface area contributed by atoms with Gasteiger partial charge in [0.1, 0.15) is 5.66 Å². The standard InChI is InChI=1S/C18H38N2O.2C3H6O2/c1-3-5-7-8-9-10-11-12-13-15-17(21)18(19,20)16-14-6-4-2;2*1-2-3(4)5/h3-16,19-20H2,1-2H3;2*2H2,1H3,(H,4,5). The van der Waals surface area contributed by atoms with E-state index < -0.39 is 17.6 Å². The first-order valence-corrected chi connectivity index (χ1v) is 12.1. The van der Waals surface area contributed by atoms with Crippen LogP contribution in [0.2, 0.25) is 0 Å². The van der Waals surface area contributed by atoms with Crippen LogP contribution in [0.1, 0.15) is 130 Å². The smallest absolute Gasteiger partial charge is 0.303 e. The topological polar surface area (TPSA) is 144 Å². The van der Waals surface area contributed by atoms with Crippen LogP contribution in [0, 0.1) is 0 Å². The lowest BCUT2D eigenvalue weighted by atomic mass is 9.95. The molecule has 0 aliphatic rings. The third kappa shape index (κ3) is 30.8. The third-order valence-electron chi connectivity index (χ3n) is 4.83. The number of hydrogen-bond acceptors (Lipinski definition) is 5.